The number of rotatable bonds is 10. The van der Waals surface area contributed by atoms with Crippen molar-refractivity contribution < 1.29 is 27.5 Å². The third kappa shape index (κ3) is 6.17. The van der Waals surface area contributed by atoms with Crippen LogP contribution in [0.5, 0.6) is 0 Å². The Labute approximate surface area is 193 Å². The van der Waals surface area contributed by atoms with E-state index in [1.165, 1.54) is 28.6 Å². The summed E-state index contributed by atoms with van der Waals surface area (Å²) in [6.07, 6.45) is 1.89. The normalized spacial score (nSPS) is 13.4. The lowest BCUT2D eigenvalue weighted by Gasteiger charge is -2.18. The summed E-state index contributed by atoms with van der Waals surface area (Å²) in [5, 5.41) is 5.45. The lowest BCUT2D eigenvalue weighted by atomic mass is 10.1. The maximum absolute atomic E-state index is 12.5. The van der Waals surface area contributed by atoms with Gasteiger partial charge in [0.15, 0.2) is 6.61 Å². The molecule has 0 unspecified atom stereocenters. The molecule has 2 amide bonds. The van der Waals surface area contributed by atoms with Gasteiger partial charge >= 0.3 is 5.97 Å². The summed E-state index contributed by atoms with van der Waals surface area (Å²) in [7, 11) is -3.63. The fraction of sp³-hybridized carbons (Fsp3) is 0.348. The predicted molar refractivity (Wildman–Crippen MR) is 122 cm³/mol. The monoisotopic (exact) mass is 473 g/mol. The van der Waals surface area contributed by atoms with E-state index in [0.29, 0.717) is 24.3 Å². The number of esters is 1. The largest absolute Gasteiger partial charge is 0.452 e. The van der Waals surface area contributed by atoms with Gasteiger partial charge in [0, 0.05) is 19.1 Å². The smallest absolute Gasteiger partial charge is 0.338 e. The topological polar surface area (TPSA) is 122 Å². The second kappa shape index (κ2) is 10.6. The van der Waals surface area contributed by atoms with Gasteiger partial charge in [-0.25, -0.2) is 13.2 Å². The average Bonchev–Trinajstić information content (AvgIpc) is 3.62. The molecule has 0 bridgehead atoms. The Morgan fingerprint density at radius 2 is 1.64 bits per heavy atom. The Bertz CT molecular complexity index is 1120. The van der Waals surface area contributed by atoms with Crippen LogP contribution in [0.2, 0.25) is 0 Å². The summed E-state index contributed by atoms with van der Waals surface area (Å²) in [5.41, 5.74) is 0.766. The lowest BCUT2D eigenvalue weighted by Crippen LogP contribution is -2.30. The molecule has 3 rings (SSSR count). The highest BCUT2D eigenvalue weighted by Gasteiger charge is 2.25. The van der Waals surface area contributed by atoms with Gasteiger partial charge in [-0.2, -0.15) is 4.31 Å². The van der Waals surface area contributed by atoms with Gasteiger partial charge in [0.1, 0.15) is 0 Å². The first-order valence-corrected chi connectivity index (χ1v) is 12.2. The molecule has 2 aromatic rings. The van der Waals surface area contributed by atoms with E-state index < -0.39 is 28.5 Å². The zero-order chi connectivity index (χ0) is 24.0. The molecule has 0 heterocycles. The lowest BCUT2D eigenvalue weighted by molar-refractivity contribution is -0.119. The Morgan fingerprint density at radius 3 is 2.24 bits per heavy atom. The summed E-state index contributed by atoms with van der Waals surface area (Å²) in [4.78, 5) is 37.0. The van der Waals surface area contributed by atoms with Crippen LogP contribution in [0.3, 0.4) is 0 Å². The Balaban J connectivity index is 1.58. The number of amides is 2. The maximum Gasteiger partial charge on any atom is 0.338 e. The minimum atomic E-state index is -3.63. The SMILES string of the molecule is CCN(CC)S(=O)(=O)c1ccc(C(=O)OCC(=O)Nc2ccccc2C(=O)NC2CC2)cc1. The van der Waals surface area contributed by atoms with Crippen molar-refractivity contribution in [3.8, 4) is 0 Å². The first kappa shape index (κ1) is 24.4. The van der Waals surface area contributed by atoms with Crippen LogP contribution in [0.25, 0.3) is 0 Å². The van der Waals surface area contributed by atoms with E-state index in [1.807, 2.05) is 0 Å². The molecule has 33 heavy (non-hydrogen) atoms. The molecule has 2 aromatic carbocycles. The van der Waals surface area contributed by atoms with Gasteiger partial charge in [0.2, 0.25) is 10.0 Å². The second-order valence-corrected chi connectivity index (χ2v) is 9.47. The molecule has 1 fully saturated rings. The van der Waals surface area contributed by atoms with Crippen molar-refractivity contribution in [3.63, 3.8) is 0 Å². The van der Waals surface area contributed by atoms with E-state index in [0.717, 1.165) is 12.8 Å². The number of sulfonamides is 1. The molecular formula is C23H27N3O6S. The molecule has 2 N–H and O–H groups in total. The van der Waals surface area contributed by atoms with Crippen molar-refractivity contribution in [1.29, 1.82) is 0 Å². The average molecular weight is 474 g/mol. The van der Waals surface area contributed by atoms with Crippen molar-refractivity contribution in [2.75, 3.05) is 25.0 Å². The van der Waals surface area contributed by atoms with E-state index in [9.17, 15) is 22.8 Å². The van der Waals surface area contributed by atoms with Crippen molar-refractivity contribution >= 4 is 33.5 Å². The number of ether oxygens (including phenoxy) is 1. The molecule has 10 heteroatoms. The van der Waals surface area contributed by atoms with Crippen molar-refractivity contribution in [3.05, 3.63) is 59.7 Å². The van der Waals surface area contributed by atoms with E-state index in [2.05, 4.69) is 10.6 Å². The Hall–Kier alpha value is -3.24. The molecular weight excluding hydrogens is 446 g/mol. The summed E-state index contributed by atoms with van der Waals surface area (Å²) >= 11 is 0. The zero-order valence-electron chi connectivity index (χ0n) is 18.5. The number of nitrogens with one attached hydrogen (secondary N) is 2. The number of hydrogen-bond donors (Lipinski definition) is 2. The molecule has 0 atom stereocenters. The first-order valence-electron chi connectivity index (χ1n) is 10.7. The highest BCUT2D eigenvalue weighted by molar-refractivity contribution is 7.89. The zero-order valence-corrected chi connectivity index (χ0v) is 19.4. The summed E-state index contributed by atoms with van der Waals surface area (Å²) in [5.74, 6) is -1.64. The molecule has 1 aliphatic rings. The van der Waals surface area contributed by atoms with Gasteiger partial charge in [-0.3, -0.25) is 9.59 Å². The first-order chi connectivity index (χ1) is 15.8. The molecule has 0 saturated heterocycles. The van der Waals surface area contributed by atoms with Gasteiger partial charge < -0.3 is 15.4 Å². The number of hydrogen-bond acceptors (Lipinski definition) is 6. The molecule has 9 nitrogen and oxygen atoms in total. The third-order valence-electron chi connectivity index (χ3n) is 5.13. The number of nitrogens with zero attached hydrogens (tertiary/aromatic N) is 1. The van der Waals surface area contributed by atoms with Gasteiger partial charge in [-0.15, -0.1) is 0 Å². The molecule has 0 spiro atoms. The third-order valence-corrected chi connectivity index (χ3v) is 7.19. The molecule has 1 aliphatic carbocycles. The van der Waals surface area contributed by atoms with Crippen LogP contribution in [0, 0.1) is 0 Å². The standard InChI is InChI=1S/C23H27N3O6S/c1-3-26(4-2)33(30,31)18-13-9-16(10-14-18)23(29)32-15-21(27)25-20-8-6-5-7-19(20)22(28)24-17-11-12-17/h5-10,13-14,17H,3-4,11-12,15H2,1-2H3,(H,24,28)(H,25,27). The van der Waals surface area contributed by atoms with Crippen molar-refractivity contribution in [1.82, 2.24) is 9.62 Å². The van der Waals surface area contributed by atoms with Crippen LogP contribution in [0.4, 0.5) is 5.69 Å². The summed E-state index contributed by atoms with van der Waals surface area (Å²) in [6, 6.07) is 12.1. The van der Waals surface area contributed by atoms with E-state index in [4.69, 9.17) is 4.74 Å². The molecule has 0 aromatic heterocycles. The van der Waals surface area contributed by atoms with Crippen LogP contribution in [0.1, 0.15) is 47.4 Å². The number of benzene rings is 2. The Morgan fingerprint density at radius 1 is 1.00 bits per heavy atom. The van der Waals surface area contributed by atoms with Crippen molar-refractivity contribution in [2.24, 2.45) is 0 Å². The van der Waals surface area contributed by atoms with Gasteiger partial charge in [0.05, 0.1) is 21.7 Å². The number of carbonyl (C=O) groups excluding carboxylic acids is 3. The van der Waals surface area contributed by atoms with Gasteiger partial charge in [-0.1, -0.05) is 26.0 Å². The maximum atomic E-state index is 12.5. The highest BCUT2D eigenvalue weighted by Crippen LogP contribution is 2.22. The number of carbonyl (C=O) groups is 3. The minimum absolute atomic E-state index is 0.0709. The molecule has 0 radical (unpaired) electrons. The molecule has 1 saturated carbocycles. The Kier molecular flexibility index (Phi) is 7.83. The van der Waals surface area contributed by atoms with Crippen LogP contribution in [0.15, 0.2) is 53.4 Å². The number of anilines is 1. The van der Waals surface area contributed by atoms with Crippen LogP contribution in [-0.2, 0) is 19.6 Å². The van der Waals surface area contributed by atoms with Crippen LogP contribution in [-0.4, -0.2) is 56.2 Å². The predicted octanol–water partition coefficient (Wildman–Crippen LogP) is 2.40. The van der Waals surface area contributed by atoms with E-state index in [1.54, 1.807) is 38.1 Å². The van der Waals surface area contributed by atoms with Gasteiger partial charge in [0.25, 0.3) is 11.8 Å². The molecule has 0 aliphatic heterocycles. The van der Waals surface area contributed by atoms with E-state index >= 15 is 0 Å². The van der Waals surface area contributed by atoms with E-state index in [-0.39, 0.29) is 22.4 Å². The molecule has 176 valence electrons. The highest BCUT2D eigenvalue weighted by atomic mass is 32.2. The van der Waals surface area contributed by atoms with Crippen LogP contribution >= 0.6 is 0 Å². The second-order valence-electron chi connectivity index (χ2n) is 7.53. The van der Waals surface area contributed by atoms with Crippen LogP contribution < -0.4 is 10.6 Å². The summed E-state index contributed by atoms with van der Waals surface area (Å²) < 4.78 is 31.4. The summed E-state index contributed by atoms with van der Waals surface area (Å²) in [6.45, 7) is 3.61. The van der Waals surface area contributed by atoms with Gasteiger partial charge in [-0.05, 0) is 49.2 Å². The fourth-order valence-corrected chi connectivity index (χ4v) is 4.62. The quantitative estimate of drug-likeness (QED) is 0.511. The van der Waals surface area contributed by atoms with Crippen molar-refractivity contribution in [2.45, 2.75) is 37.6 Å². The fourth-order valence-electron chi connectivity index (χ4n) is 3.16. The number of para-hydroxylation sites is 1. The minimum Gasteiger partial charge on any atom is -0.452 e.